The van der Waals surface area contributed by atoms with Crippen LogP contribution in [0.5, 0.6) is 0 Å². The van der Waals surface area contributed by atoms with E-state index in [1.807, 2.05) is 12.1 Å². The smallest absolute Gasteiger partial charge is 0.237 e. The molecule has 2 fully saturated rings. The Morgan fingerprint density at radius 2 is 2.08 bits per heavy atom. The second kappa shape index (κ2) is 8.50. The van der Waals surface area contributed by atoms with Crippen molar-refractivity contribution in [2.24, 2.45) is 0 Å². The van der Waals surface area contributed by atoms with Crippen molar-refractivity contribution >= 4 is 23.3 Å². The van der Waals surface area contributed by atoms with E-state index >= 15 is 0 Å². The molecule has 2 heterocycles. The molecule has 1 aliphatic carbocycles. The molecule has 1 aliphatic heterocycles. The predicted octanol–water partition coefficient (Wildman–Crippen LogP) is 2.56. The van der Waals surface area contributed by atoms with Crippen LogP contribution in [0.4, 0.5) is 5.82 Å². The summed E-state index contributed by atoms with van der Waals surface area (Å²) in [7, 11) is 0. The highest BCUT2D eigenvalue weighted by Gasteiger charge is 2.29. The number of anilines is 1. The maximum absolute atomic E-state index is 12.3. The zero-order valence-corrected chi connectivity index (χ0v) is 15.0. The van der Waals surface area contributed by atoms with Crippen molar-refractivity contribution in [1.82, 2.24) is 15.2 Å². The van der Waals surface area contributed by atoms with Crippen molar-refractivity contribution in [1.29, 1.82) is 5.26 Å². The van der Waals surface area contributed by atoms with Gasteiger partial charge in [0.1, 0.15) is 11.9 Å². The molecule has 2 aliphatic rings. The molecule has 7 heteroatoms. The molecule has 1 saturated heterocycles. The van der Waals surface area contributed by atoms with Crippen molar-refractivity contribution < 1.29 is 4.79 Å². The summed E-state index contributed by atoms with van der Waals surface area (Å²) in [5.74, 6) is 0.789. The Labute approximate surface area is 153 Å². The zero-order chi connectivity index (χ0) is 17.6. The number of nitrogens with zero attached hydrogens (tertiary/aromatic N) is 3. The predicted molar refractivity (Wildman–Crippen MR) is 97.3 cm³/mol. The molecule has 1 aromatic rings. The second-order valence-corrected chi connectivity index (χ2v) is 7.19. The Morgan fingerprint density at radius 3 is 2.80 bits per heavy atom. The molecule has 25 heavy (non-hydrogen) atoms. The highest BCUT2D eigenvalue weighted by molar-refractivity contribution is 6.32. The second-order valence-electron chi connectivity index (χ2n) is 6.78. The number of halogens is 1. The van der Waals surface area contributed by atoms with Gasteiger partial charge >= 0.3 is 0 Å². The van der Waals surface area contributed by atoms with Gasteiger partial charge in [-0.25, -0.2) is 4.98 Å². The number of carbonyl (C=O) groups is 1. The molecule has 0 unspecified atom stereocenters. The van der Waals surface area contributed by atoms with Gasteiger partial charge in [-0.15, -0.1) is 0 Å². The van der Waals surface area contributed by atoms with Crippen LogP contribution in [0.2, 0.25) is 5.02 Å². The maximum atomic E-state index is 12.3. The third kappa shape index (κ3) is 4.62. The fourth-order valence-corrected chi connectivity index (χ4v) is 3.84. The summed E-state index contributed by atoms with van der Waals surface area (Å²) in [5, 5.41) is 16.5. The summed E-state index contributed by atoms with van der Waals surface area (Å²) in [4.78, 5) is 18.3. The molecule has 0 radical (unpaired) electrons. The van der Waals surface area contributed by atoms with Crippen molar-refractivity contribution in [3.8, 4) is 6.07 Å². The first kappa shape index (κ1) is 18.0. The van der Waals surface area contributed by atoms with E-state index in [2.05, 4.69) is 21.7 Å². The standard InChI is InChI=1S/C18H24ClN5O/c19-16-4-1-9-21-18(16)23-14-7-5-13(6-8-14)22-12-17(25)24-10-2-3-15(24)11-20/h1,4,9,13-15,22H,2-3,5-8,10,12H2,(H,21,23)/t13?,14?,15-/m0/s1. The zero-order valence-electron chi connectivity index (χ0n) is 14.2. The third-order valence-electron chi connectivity index (χ3n) is 5.09. The largest absolute Gasteiger partial charge is 0.366 e. The van der Waals surface area contributed by atoms with Crippen LogP contribution in [0.3, 0.4) is 0 Å². The number of hydrogen-bond donors (Lipinski definition) is 2. The summed E-state index contributed by atoms with van der Waals surface area (Å²) in [5.41, 5.74) is 0. The van der Waals surface area contributed by atoms with E-state index in [-0.39, 0.29) is 11.9 Å². The van der Waals surface area contributed by atoms with E-state index in [4.69, 9.17) is 16.9 Å². The van der Waals surface area contributed by atoms with Crippen LogP contribution in [-0.4, -0.2) is 47.0 Å². The van der Waals surface area contributed by atoms with Crippen LogP contribution in [0, 0.1) is 11.3 Å². The van der Waals surface area contributed by atoms with Crippen LogP contribution in [-0.2, 0) is 4.79 Å². The molecular weight excluding hydrogens is 338 g/mol. The van der Waals surface area contributed by atoms with E-state index in [9.17, 15) is 4.79 Å². The Bertz CT molecular complexity index is 639. The summed E-state index contributed by atoms with van der Waals surface area (Å²) >= 11 is 6.14. The van der Waals surface area contributed by atoms with Gasteiger partial charge in [0, 0.05) is 24.8 Å². The van der Waals surface area contributed by atoms with Crippen molar-refractivity contribution in [3.63, 3.8) is 0 Å². The summed E-state index contributed by atoms with van der Waals surface area (Å²) < 4.78 is 0. The van der Waals surface area contributed by atoms with Crippen LogP contribution in [0.15, 0.2) is 18.3 Å². The Hall–Kier alpha value is -1.84. The van der Waals surface area contributed by atoms with Crippen LogP contribution in [0.1, 0.15) is 38.5 Å². The number of aromatic nitrogens is 1. The lowest BCUT2D eigenvalue weighted by atomic mass is 9.91. The topological polar surface area (TPSA) is 81.0 Å². The van der Waals surface area contributed by atoms with Gasteiger partial charge in [0.05, 0.1) is 17.6 Å². The van der Waals surface area contributed by atoms with E-state index in [1.54, 1.807) is 11.1 Å². The number of carbonyl (C=O) groups excluding carboxylic acids is 1. The number of nitrogens with one attached hydrogen (secondary N) is 2. The average molecular weight is 362 g/mol. The Balaban J connectivity index is 1.40. The fraction of sp³-hybridized carbons (Fsp3) is 0.611. The number of rotatable bonds is 5. The van der Waals surface area contributed by atoms with Crippen LogP contribution < -0.4 is 10.6 Å². The van der Waals surface area contributed by atoms with E-state index in [0.717, 1.165) is 44.3 Å². The van der Waals surface area contributed by atoms with Gasteiger partial charge in [0.25, 0.3) is 0 Å². The number of amides is 1. The minimum absolute atomic E-state index is 0.0459. The average Bonchev–Trinajstić information content (AvgIpc) is 3.12. The minimum Gasteiger partial charge on any atom is -0.366 e. The van der Waals surface area contributed by atoms with E-state index in [1.165, 1.54) is 0 Å². The molecule has 0 bridgehead atoms. The SMILES string of the molecule is N#C[C@@H]1CCCN1C(=O)CNC1CCC(Nc2ncccc2Cl)CC1. The molecular formula is C18H24ClN5O. The fourth-order valence-electron chi connectivity index (χ4n) is 3.66. The van der Waals surface area contributed by atoms with Crippen molar-refractivity contribution in [3.05, 3.63) is 23.4 Å². The summed E-state index contributed by atoms with van der Waals surface area (Å²) in [6.07, 6.45) is 7.52. The number of pyridine rings is 1. The van der Waals surface area contributed by atoms with Gasteiger partial charge < -0.3 is 15.5 Å². The van der Waals surface area contributed by atoms with Gasteiger partial charge in [0.15, 0.2) is 0 Å². The Morgan fingerprint density at radius 1 is 1.32 bits per heavy atom. The lowest BCUT2D eigenvalue weighted by Crippen LogP contribution is -2.45. The van der Waals surface area contributed by atoms with Gasteiger partial charge in [-0.1, -0.05) is 11.6 Å². The lowest BCUT2D eigenvalue weighted by molar-refractivity contribution is -0.130. The molecule has 3 rings (SSSR count). The Kier molecular flexibility index (Phi) is 6.11. The first-order valence-corrected chi connectivity index (χ1v) is 9.34. The third-order valence-corrected chi connectivity index (χ3v) is 5.40. The van der Waals surface area contributed by atoms with E-state index in [0.29, 0.717) is 30.2 Å². The monoisotopic (exact) mass is 361 g/mol. The van der Waals surface area contributed by atoms with Crippen LogP contribution in [0.25, 0.3) is 0 Å². The quantitative estimate of drug-likeness (QED) is 0.842. The van der Waals surface area contributed by atoms with Gasteiger partial charge in [0.2, 0.25) is 5.91 Å². The van der Waals surface area contributed by atoms with Gasteiger partial charge in [-0.3, -0.25) is 4.79 Å². The molecule has 0 aromatic carbocycles. The molecule has 2 N–H and O–H groups in total. The van der Waals surface area contributed by atoms with Gasteiger partial charge in [-0.05, 0) is 50.7 Å². The number of nitriles is 1. The number of hydrogen-bond acceptors (Lipinski definition) is 5. The molecule has 134 valence electrons. The highest BCUT2D eigenvalue weighted by atomic mass is 35.5. The number of likely N-dealkylation sites (tertiary alicyclic amines) is 1. The van der Waals surface area contributed by atoms with Gasteiger partial charge in [-0.2, -0.15) is 5.26 Å². The molecule has 0 spiro atoms. The summed E-state index contributed by atoms with van der Waals surface area (Å²) in [6.45, 7) is 1.03. The molecule has 1 aromatic heterocycles. The van der Waals surface area contributed by atoms with Crippen molar-refractivity contribution in [2.75, 3.05) is 18.4 Å². The maximum Gasteiger partial charge on any atom is 0.237 e. The molecule has 1 amide bonds. The molecule has 1 atom stereocenters. The normalized spacial score (nSPS) is 26.2. The van der Waals surface area contributed by atoms with Crippen molar-refractivity contribution in [2.45, 2.75) is 56.7 Å². The summed E-state index contributed by atoms with van der Waals surface area (Å²) in [6, 6.07) is 6.35. The van der Waals surface area contributed by atoms with Crippen LogP contribution >= 0.6 is 11.6 Å². The highest BCUT2D eigenvalue weighted by Crippen LogP contribution is 2.25. The minimum atomic E-state index is -0.239. The van der Waals surface area contributed by atoms with E-state index < -0.39 is 0 Å². The lowest BCUT2D eigenvalue weighted by Gasteiger charge is -2.30. The first-order valence-electron chi connectivity index (χ1n) is 8.97. The molecule has 6 nitrogen and oxygen atoms in total. The first-order chi connectivity index (χ1) is 12.2. The molecule has 1 saturated carbocycles.